The van der Waals surface area contributed by atoms with Crippen molar-refractivity contribution in [3.05, 3.63) is 17.5 Å². The molecule has 0 unspecified atom stereocenters. The Morgan fingerprint density at radius 2 is 2.29 bits per heavy atom. The maximum Gasteiger partial charge on any atom is 0.304 e. The molecule has 0 saturated heterocycles. The molecule has 118 valence electrons. The van der Waals surface area contributed by atoms with Crippen molar-refractivity contribution >= 4 is 5.97 Å². The number of carbonyl (C=O) groups is 1. The Hall–Kier alpha value is -1.40. The zero-order valence-corrected chi connectivity index (χ0v) is 13.1. The zero-order chi connectivity index (χ0) is 15.2. The standard InChI is InChI=1S/C15H26N4O2/c1-3-6-17(2)11-13-10-14-12-18(9-5-15(20)21)7-4-8-19(14)16-13/h10H,3-9,11-12H2,1-2H3,(H,20,21). The lowest BCUT2D eigenvalue weighted by molar-refractivity contribution is -0.137. The largest absolute Gasteiger partial charge is 0.481 e. The van der Waals surface area contributed by atoms with Gasteiger partial charge >= 0.3 is 5.97 Å². The van der Waals surface area contributed by atoms with E-state index in [1.54, 1.807) is 0 Å². The summed E-state index contributed by atoms with van der Waals surface area (Å²) in [6.07, 6.45) is 2.38. The third-order valence-corrected chi connectivity index (χ3v) is 3.82. The van der Waals surface area contributed by atoms with E-state index in [1.165, 1.54) is 5.69 Å². The van der Waals surface area contributed by atoms with Crippen LogP contribution >= 0.6 is 0 Å². The quantitative estimate of drug-likeness (QED) is 0.824. The lowest BCUT2D eigenvalue weighted by atomic mass is 10.3. The number of fused-ring (bicyclic) bond motifs is 1. The molecule has 1 aliphatic heterocycles. The van der Waals surface area contributed by atoms with Crippen molar-refractivity contribution in [1.29, 1.82) is 0 Å². The van der Waals surface area contributed by atoms with E-state index in [-0.39, 0.29) is 6.42 Å². The van der Waals surface area contributed by atoms with Crippen LogP contribution in [0.1, 0.15) is 37.6 Å². The molecule has 6 nitrogen and oxygen atoms in total. The van der Waals surface area contributed by atoms with Crippen LogP contribution in [0.4, 0.5) is 0 Å². The number of carboxylic acids is 1. The van der Waals surface area contributed by atoms with Crippen LogP contribution in [-0.2, 0) is 24.4 Å². The molecule has 0 saturated carbocycles. The van der Waals surface area contributed by atoms with Gasteiger partial charge in [-0.2, -0.15) is 5.10 Å². The smallest absolute Gasteiger partial charge is 0.304 e. The fourth-order valence-corrected chi connectivity index (χ4v) is 2.85. The minimum atomic E-state index is -0.727. The molecule has 0 aromatic carbocycles. The van der Waals surface area contributed by atoms with E-state index in [4.69, 9.17) is 10.2 Å². The first kappa shape index (κ1) is 16.0. The molecule has 0 spiro atoms. The van der Waals surface area contributed by atoms with E-state index >= 15 is 0 Å². The molecule has 0 bridgehead atoms. The van der Waals surface area contributed by atoms with Crippen LogP contribution < -0.4 is 0 Å². The van der Waals surface area contributed by atoms with Gasteiger partial charge in [-0.25, -0.2) is 0 Å². The molecular weight excluding hydrogens is 268 g/mol. The van der Waals surface area contributed by atoms with E-state index in [1.807, 2.05) is 0 Å². The van der Waals surface area contributed by atoms with Gasteiger partial charge in [0.1, 0.15) is 0 Å². The molecule has 1 aromatic rings. The second-order valence-electron chi connectivity index (χ2n) is 5.86. The molecule has 0 radical (unpaired) electrons. The van der Waals surface area contributed by atoms with Gasteiger partial charge in [0.05, 0.1) is 17.8 Å². The van der Waals surface area contributed by atoms with Crippen LogP contribution in [0.3, 0.4) is 0 Å². The SMILES string of the molecule is CCCN(C)Cc1cc2n(n1)CCCN(CCC(=O)O)C2. The van der Waals surface area contributed by atoms with Crippen LogP contribution in [0, 0.1) is 0 Å². The van der Waals surface area contributed by atoms with Gasteiger partial charge in [0.2, 0.25) is 0 Å². The van der Waals surface area contributed by atoms with Gasteiger partial charge in [-0.1, -0.05) is 6.92 Å². The first-order chi connectivity index (χ1) is 10.1. The number of rotatable bonds is 7. The number of nitrogens with zero attached hydrogens (tertiary/aromatic N) is 4. The van der Waals surface area contributed by atoms with Crippen molar-refractivity contribution in [2.24, 2.45) is 0 Å². The summed E-state index contributed by atoms with van der Waals surface area (Å²) in [5, 5.41) is 13.5. The Balaban J connectivity index is 1.97. The highest BCUT2D eigenvalue weighted by Crippen LogP contribution is 2.15. The molecule has 2 heterocycles. The van der Waals surface area contributed by atoms with Crippen molar-refractivity contribution in [3.8, 4) is 0 Å². The Labute approximate surface area is 126 Å². The molecule has 0 atom stereocenters. The molecule has 1 N–H and O–H groups in total. The first-order valence-corrected chi connectivity index (χ1v) is 7.76. The highest BCUT2D eigenvalue weighted by Gasteiger charge is 2.17. The van der Waals surface area contributed by atoms with Gasteiger partial charge in [0.25, 0.3) is 0 Å². The van der Waals surface area contributed by atoms with Gasteiger partial charge in [-0.3, -0.25) is 14.4 Å². The van der Waals surface area contributed by atoms with Gasteiger partial charge in [-0.05, 0) is 32.5 Å². The lowest BCUT2D eigenvalue weighted by Gasteiger charge is -2.18. The van der Waals surface area contributed by atoms with Crippen LogP contribution in [0.2, 0.25) is 0 Å². The number of aryl methyl sites for hydroxylation is 1. The normalized spacial score (nSPS) is 16.0. The van der Waals surface area contributed by atoms with E-state index < -0.39 is 5.97 Å². The number of hydrogen-bond acceptors (Lipinski definition) is 4. The maximum atomic E-state index is 10.7. The highest BCUT2D eigenvalue weighted by atomic mass is 16.4. The topological polar surface area (TPSA) is 61.6 Å². The molecule has 1 aliphatic rings. The zero-order valence-electron chi connectivity index (χ0n) is 13.1. The predicted molar refractivity (Wildman–Crippen MR) is 81.0 cm³/mol. The second kappa shape index (κ2) is 7.56. The summed E-state index contributed by atoms with van der Waals surface area (Å²) in [6, 6.07) is 2.17. The minimum Gasteiger partial charge on any atom is -0.481 e. The number of aliphatic carboxylic acids is 1. The first-order valence-electron chi connectivity index (χ1n) is 7.76. The number of hydrogen-bond donors (Lipinski definition) is 1. The average Bonchev–Trinajstić information content (AvgIpc) is 2.67. The fourth-order valence-electron chi connectivity index (χ4n) is 2.85. The summed E-state index contributed by atoms with van der Waals surface area (Å²) in [7, 11) is 2.12. The number of carboxylic acid groups (broad SMARTS) is 1. The van der Waals surface area contributed by atoms with E-state index in [2.05, 4.69) is 34.5 Å². The monoisotopic (exact) mass is 294 g/mol. The summed E-state index contributed by atoms with van der Waals surface area (Å²) in [5.41, 5.74) is 2.32. The fraction of sp³-hybridized carbons (Fsp3) is 0.733. The van der Waals surface area contributed by atoms with Crippen LogP contribution in [0.15, 0.2) is 6.07 Å². The van der Waals surface area contributed by atoms with Crippen molar-refractivity contribution in [2.75, 3.05) is 26.7 Å². The predicted octanol–water partition coefficient (Wildman–Crippen LogP) is 1.41. The van der Waals surface area contributed by atoms with Gasteiger partial charge in [-0.15, -0.1) is 0 Å². The molecular formula is C15H26N4O2. The van der Waals surface area contributed by atoms with Crippen LogP contribution in [-0.4, -0.2) is 57.3 Å². The van der Waals surface area contributed by atoms with E-state index in [0.717, 1.165) is 51.3 Å². The molecule has 21 heavy (non-hydrogen) atoms. The maximum absolute atomic E-state index is 10.7. The molecule has 6 heteroatoms. The highest BCUT2D eigenvalue weighted by molar-refractivity contribution is 5.66. The molecule has 0 fully saturated rings. The van der Waals surface area contributed by atoms with Gasteiger partial charge < -0.3 is 10.0 Å². The number of aromatic nitrogens is 2. The minimum absolute atomic E-state index is 0.209. The Kier molecular flexibility index (Phi) is 5.76. The van der Waals surface area contributed by atoms with E-state index in [9.17, 15) is 4.79 Å². The summed E-state index contributed by atoms with van der Waals surface area (Å²) >= 11 is 0. The van der Waals surface area contributed by atoms with Crippen molar-refractivity contribution in [2.45, 2.75) is 45.8 Å². The van der Waals surface area contributed by atoms with Crippen LogP contribution in [0.25, 0.3) is 0 Å². The Morgan fingerprint density at radius 3 is 3.00 bits per heavy atom. The lowest BCUT2D eigenvalue weighted by Crippen LogP contribution is -2.26. The molecule has 2 rings (SSSR count). The van der Waals surface area contributed by atoms with Crippen LogP contribution in [0.5, 0.6) is 0 Å². The molecule has 0 aliphatic carbocycles. The summed E-state index contributed by atoms with van der Waals surface area (Å²) in [5.74, 6) is -0.727. The van der Waals surface area contributed by atoms with E-state index in [0.29, 0.717) is 6.54 Å². The Morgan fingerprint density at radius 1 is 1.48 bits per heavy atom. The summed E-state index contributed by atoms with van der Waals surface area (Å²) in [4.78, 5) is 15.2. The van der Waals surface area contributed by atoms with Crippen molar-refractivity contribution in [3.63, 3.8) is 0 Å². The van der Waals surface area contributed by atoms with Crippen molar-refractivity contribution in [1.82, 2.24) is 19.6 Å². The summed E-state index contributed by atoms with van der Waals surface area (Å²) in [6.45, 7) is 7.43. The van der Waals surface area contributed by atoms with Gasteiger partial charge in [0, 0.05) is 32.7 Å². The molecule has 0 amide bonds. The third kappa shape index (κ3) is 4.82. The third-order valence-electron chi connectivity index (χ3n) is 3.82. The Bertz CT molecular complexity index is 472. The van der Waals surface area contributed by atoms with Gasteiger partial charge in [0.15, 0.2) is 0 Å². The average molecular weight is 294 g/mol. The molecule has 1 aromatic heterocycles. The van der Waals surface area contributed by atoms with Crippen molar-refractivity contribution < 1.29 is 9.90 Å². The summed E-state index contributed by atoms with van der Waals surface area (Å²) < 4.78 is 2.09. The second-order valence-corrected chi connectivity index (χ2v) is 5.86.